The van der Waals surface area contributed by atoms with Crippen molar-refractivity contribution in [1.82, 2.24) is 9.78 Å². The van der Waals surface area contributed by atoms with E-state index < -0.39 is 0 Å². The van der Waals surface area contributed by atoms with Crippen molar-refractivity contribution < 1.29 is 4.74 Å². The number of ether oxygens (including phenoxy) is 1. The topological polar surface area (TPSA) is 53.1 Å². The van der Waals surface area contributed by atoms with Crippen LogP contribution in [0.4, 0.5) is 0 Å². The van der Waals surface area contributed by atoms with Crippen LogP contribution >= 0.6 is 0 Å². The highest BCUT2D eigenvalue weighted by atomic mass is 16.5. The Balaban J connectivity index is 1.91. The van der Waals surface area contributed by atoms with Crippen LogP contribution in [0.5, 0.6) is 5.75 Å². The first kappa shape index (κ1) is 13.6. The van der Waals surface area contributed by atoms with Crippen LogP contribution in [0.1, 0.15) is 11.3 Å². The van der Waals surface area contributed by atoms with Crippen molar-refractivity contribution in [3.63, 3.8) is 0 Å². The van der Waals surface area contributed by atoms with Crippen molar-refractivity contribution in [3.05, 3.63) is 59.9 Å². The molecule has 0 fully saturated rings. The van der Waals surface area contributed by atoms with Gasteiger partial charge in [0.15, 0.2) is 0 Å². The van der Waals surface area contributed by atoms with E-state index in [1.54, 1.807) is 4.68 Å². The van der Waals surface area contributed by atoms with Crippen molar-refractivity contribution in [3.8, 4) is 5.75 Å². The summed E-state index contributed by atoms with van der Waals surface area (Å²) in [6.07, 6.45) is 2.72. The van der Waals surface area contributed by atoms with E-state index >= 15 is 0 Å². The van der Waals surface area contributed by atoms with Gasteiger partial charge >= 0.3 is 0 Å². The quantitative estimate of drug-likeness (QED) is 0.782. The predicted octanol–water partition coefficient (Wildman–Crippen LogP) is 2.65. The molecule has 0 spiro atoms. The number of nitrogens with two attached hydrogens (primary N) is 1. The van der Waals surface area contributed by atoms with Gasteiger partial charge in [-0.3, -0.25) is 4.68 Å². The monoisotopic (exact) mass is 281 g/mol. The fourth-order valence-corrected chi connectivity index (χ4v) is 2.55. The molecule has 0 saturated heterocycles. The molecular formula is C17H19N3O. The summed E-state index contributed by atoms with van der Waals surface area (Å²) in [4.78, 5) is 0. The van der Waals surface area contributed by atoms with Crippen molar-refractivity contribution in [2.24, 2.45) is 12.8 Å². The Kier molecular flexibility index (Phi) is 3.88. The van der Waals surface area contributed by atoms with E-state index in [9.17, 15) is 0 Å². The first-order valence-electron chi connectivity index (χ1n) is 7.10. The van der Waals surface area contributed by atoms with E-state index in [1.807, 2.05) is 37.5 Å². The maximum absolute atomic E-state index is 5.97. The summed E-state index contributed by atoms with van der Waals surface area (Å²) in [7, 11) is 1.90. The molecule has 2 aromatic carbocycles. The third-order valence-corrected chi connectivity index (χ3v) is 3.54. The molecule has 108 valence electrons. The zero-order chi connectivity index (χ0) is 14.7. The first-order chi connectivity index (χ1) is 10.3. The molecule has 3 rings (SSSR count). The fourth-order valence-electron chi connectivity index (χ4n) is 2.55. The van der Waals surface area contributed by atoms with Gasteiger partial charge in [0.05, 0.1) is 5.69 Å². The lowest BCUT2D eigenvalue weighted by atomic mass is 10.0. The second kappa shape index (κ2) is 5.97. The molecule has 0 radical (unpaired) electrons. The van der Waals surface area contributed by atoms with E-state index in [1.165, 1.54) is 16.3 Å². The average Bonchev–Trinajstić information content (AvgIpc) is 2.92. The Morgan fingerprint density at radius 1 is 1.14 bits per heavy atom. The number of fused-ring (bicyclic) bond motifs is 1. The second-order valence-electron chi connectivity index (χ2n) is 5.07. The highest BCUT2D eigenvalue weighted by Crippen LogP contribution is 2.28. The summed E-state index contributed by atoms with van der Waals surface area (Å²) in [6.45, 7) is 1.07. The van der Waals surface area contributed by atoms with Gasteiger partial charge in [-0.05, 0) is 35.9 Å². The third-order valence-electron chi connectivity index (χ3n) is 3.54. The minimum Gasteiger partial charge on any atom is -0.487 e. The molecule has 0 bridgehead atoms. The molecule has 1 aromatic heterocycles. The van der Waals surface area contributed by atoms with E-state index in [2.05, 4.69) is 23.3 Å². The molecule has 0 aliphatic rings. The molecular weight excluding hydrogens is 262 g/mol. The van der Waals surface area contributed by atoms with Gasteiger partial charge in [0, 0.05) is 18.8 Å². The molecule has 2 N–H and O–H groups in total. The predicted molar refractivity (Wildman–Crippen MR) is 84.2 cm³/mol. The first-order valence-corrected chi connectivity index (χ1v) is 7.10. The number of benzene rings is 2. The molecule has 21 heavy (non-hydrogen) atoms. The average molecular weight is 281 g/mol. The van der Waals surface area contributed by atoms with Gasteiger partial charge in [-0.2, -0.15) is 5.10 Å². The summed E-state index contributed by atoms with van der Waals surface area (Å²) in [5.74, 6) is 0.893. The summed E-state index contributed by atoms with van der Waals surface area (Å²) >= 11 is 0. The Labute approximate surface area is 124 Å². The lowest BCUT2D eigenvalue weighted by Crippen LogP contribution is -2.06. The van der Waals surface area contributed by atoms with Crippen LogP contribution in [-0.2, 0) is 20.1 Å². The number of aryl methyl sites for hydroxylation is 1. The van der Waals surface area contributed by atoms with E-state index in [0.29, 0.717) is 13.2 Å². The molecule has 0 aliphatic heterocycles. The van der Waals surface area contributed by atoms with Gasteiger partial charge < -0.3 is 10.5 Å². The number of hydrogen-bond acceptors (Lipinski definition) is 3. The van der Waals surface area contributed by atoms with Crippen LogP contribution < -0.4 is 10.5 Å². The van der Waals surface area contributed by atoms with Gasteiger partial charge in [-0.25, -0.2) is 0 Å². The lowest BCUT2D eigenvalue weighted by molar-refractivity contribution is 0.297. The van der Waals surface area contributed by atoms with Gasteiger partial charge in [-0.15, -0.1) is 0 Å². The van der Waals surface area contributed by atoms with Crippen LogP contribution in [0.15, 0.2) is 48.7 Å². The maximum Gasteiger partial charge on any atom is 0.132 e. The van der Waals surface area contributed by atoms with Gasteiger partial charge in [-0.1, -0.05) is 30.3 Å². The molecule has 4 nitrogen and oxygen atoms in total. The van der Waals surface area contributed by atoms with Crippen LogP contribution in [0.2, 0.25) is 0 Å². The molecule has 4 heteroatoms. The minimum atomic E-state index is 0.469. The number of aromatic nitrogens is 2. The van der Waals surface area contributed by atoms with Crippen molar-refractivity contribution in [2.75, 3.05) is 6.54 Å². The summed E-state index contributed by atoms with van der Waals surface area (Å²) in [5, 5.41) is 6.75. The number of rotatable bonds is 5. The van der Waals surface area contributed by atoms with Gasteiger partial charge in [0.1, 0.15) is 12.4 Å². The third kappa shape index (κ3) is 2.90. The van der Waals surface area contributed by atoms with Crippen molar-refractivity contribution in [1.29, 1.82) is 0 Å². The zero-order valence-electron chi connectivity index (χ0n) is 12.1. The van der Waals surface area contributed by atoms with Crippen LogP contribution in [0.3, 0.4) is 0 Å². The van der Waals surface area contributed by atoms with E-state index in [4.69, 9.17) is 10.5 Å². The standard InChI is InChI=1S/C17H19N3O/c1-20-11-9-14(19-20)12-21-17-7-6-13-4-2-3-5-15(13)16(17)8-10-18/h2-7,9,11H,8,10,12,18H2,1H3. The Bertz CT molecular complexity index is 749. The molecule has 0 atom stereocenters. The normalized spacial score (nSPS) is 11.0. The Morgan fingerprint density at radius 2 is 2.00 bits per heavy atom. The number of nitrogens with zero attached hydrogens (tertiary/aromatic N) is 2. The Morgan fingerprint density at radius 3 is 2.76 bits per heavy atom. The molecule has 1 heterocycles. The highest BCUT2D eigenvalue weighted by Gasteiger charge is 2.09. The minimum absolute atomic E-state index is 0.469. The van der Waals surface area contributed by atoms with Gasteiger partial charge in [0.2, 0.25) is 0 Å². The van der Waals surface area contributed by atoms with Crippen LogP contribution in [-0.4, -0.2) is 16.3 Å². The fraction of sp³-hybridized carbons (Fsp3) is 0.235. The smallest absolute Gasteiger partial charge is 0.132 e. The van der Waals surface area contributed by atoms with E-state index in [0.717, 1.165) is 17.9 Å². The summed E-state index contributed by atoms with van der Waals surface area (Å²) < 4.78 is 7.74. The van der Waals surface area contributed by atoms with Gasteiger partial charge in [0.25, 0.3) is 0 Å². The summed E-state index contributed by atoms with van der Waals surface area (Å²) in [5.41, 5.74) is 7.85. The van der Waals surface area contributed by atoms with Crippen LogP contribution in [0, 0.1) is 0 Å². The Hall–Kier alpha value is -2.33. The summed E-state index contributed by atoms with van der Waals surface area (Å²) in [6, 6.07) is 14.4. The zero-order valence-corrected chi connectivity index (χ0v) is 12.1. The molecule has 0 saturated carbocycles. The van der Waals surface area contributed by atoms with E-state index in [-0.39, 0.29) is 0 Å². The second-order valence-corrected chi connectivity index (χ2v) is 5.07. The number of hydrogen-bond donors (Lipinski definition) is 1. The molecule has 0 aliphatic carbocycles. The molecule has 0 amide bonds. The highest BCUT2D eigenvalue weighted by molar-refractivity contribution is 5.87. The van der Waals surface area contributed by atoms with Crippen molar-refractivity contribution in [2.45, 2.75) is 13.0 Å². The maximum atomic E-state index is 5.97. The molecule has 3 aromatic rings. The van der Waals surface area contributed by atoms with Crippen molar-refractivity contribution >= 4 is 10.8 Å². The lowest BCUT2D eigenvalue weighted by Gasteiger charge is -2.13. The SMILES string of the molecule is Cn1ccc(COc2ccc3ccccc3c2CCN)n1. The van der Waals surface area contributed by atoms with Crippen LogP contribution in [0.25, 0.3) is 10.8 Å². The molecule has 0 unspecified atom stereocenters. The largest absolute Gasteiger partial charge is 0.487 e.